The minimum absolute atomic E-state index is 1.00. The van der Waals surface area contributed by atoms with Gasteiger partial charge in [0.1, 0.15) is 0 Å². The van der Waals surface area contributed by atoms with E-state index in [0.29, 0.717) is 0 Å². The van der Waals surface area contributed by atoms with E-state index in [1.807, 2.05) is 0 Å². The molecule has 1 saturated carbocycles. The monoisotopic (exact) mass is 74.0 g/mol. The molecule has 0 heterocycles. The molecule has 24 valence electrons. The van der Waals surface area contributed by atoms with Crippen LogP contribution >= 0.6 is 9.24 Å². The first kappa shape index (κ1) is 2.66. The second kappa shape index (κ2) is 0.687. The summed E-state index contributed by atoms with van der Waals surface area (Å²) in [6.07, 6.45) is 2.90. The maximum atomic E-state index is 2.77. The third kappa shape index (κ3) is 0.422. The second-order valence-corrected chi connectivity index (χ2v) is 2.28. The number of rotatable bonds is 0. The molecule has 0 aromatic heterocycles. The average Bonchev–Trinajstić information content (AvgIpc) is 1.75. The van der Waals surface area contributed by atoms with Gasteiger partial charge in [0, 0.05) is 0 Å². The summed E-state index contributed by atoms with van der Waals surface area (Å²) in [5.41, 5.74) is 1.00. The molecule has 0 amide bonds. The molecule has 0 nitrogen and oxygen atoms in total. The van der Waals surface area contributed by atoms with Gasteiger partial charge < -0.3 is 0 Å². The maximum absolute atomic E-state index is 2.77. The van der Waals surface area contributed by atoms with E-state index in [2.05, 4.69) is 9.24 Å². The molecular formula is C3H7P. The van der Waals surface area contributed by atoms with Crippen LogP contribution in [-0.2, 0) is 0 Å². The lowest BCUT2D eigenvalue weighted by atomic mass is 11.0. The summed E-state index contributed by atoms with van der Waals surface area (Å²) in [6.45, 7) is 0. The fraction of sp³-hybridized carbons (Fsp3) is 1.00. The molecule has 0 aromatic rings. The predicted octanol–water partition coefficient (Wildman–Crippen LogP) is 1.02. The normalized spacial score (nSPS) is 26.2. The van der Waals surface area contributed by atoms with Gasteiger partial charge in [-0.15, -0.1) is 9.24 Å². The lowest BCUT2D eigenvalue weighted by molar-refractivity contribution is 1.50. The molecule has 0 saturated heterocycles. The summed E-state index contributed by atoms with van der Waals surface area (Å²) in [5.74, 6) is 0. The zero-order chi connectivity index (χ0) is 2.99. The third-order valence-corrected chi connectivity index (χ3v) is 1.29. The van der Waals surface area contributed by atoms with Crippen molar-refractivity contribution < 1.29 is 0 Å². The van der Waals surface area contributed by atoms with Crippen LogP contribution in [0.15, 0.2) is 0 Å². The second-order valence-electron chi connectivity index (χ2n) is 1.34. The summed E-state index contributed by atoms with van der Waals surface area (Å²) >= 11 is 0. The first-order valence-corrected chi connectivity index (χ1v) is 2.32. The van der Waals surface area contributed by atoms with Gasteiger partial charge in [-0.05, 0) is 18.5 Å². The number of hydrogen-bond acceptors (Lipinski definition) is 0. The SMILES string of the molecule is PC1CC1. The van der Waals surface area contributed by atoms with Crippen LogP contribution in [0.5, 0.6) is 0 Å². The van der Waals surface area contributed by atoms with Crippen molar-refractivity contribution in [3.8, 4) is 0 Å². The summed E-state index contributed by atoms with van der Waals surface area (Å²) in [5, 5.41) is 0. The molecule has 1 rings (SSSR count). The van der Waals surface area contributed by atoms with Crippen molar-refractivity contribution in [2.24, 2.45) is 0 Å². The molecule has 0 N–H and O–H groups in total. The van der Waals surface area contributed by atoms with Crippen LogP contribution in [0.1, 0.15) is 12.8 Å². The first-order valence-electron chi connectivity index (χ1n) is 1.65. The van der Waals surface area contributed by atoms with Crippen LogP contribution in [0.2, 0.25) is 0 Å². The Balaban J connectivity index is 2.17. The van der Waals surface area contributed by atoms with Crippen molar-refractivity contribution in [2.75, 3.05) is 0 Å². The zero-order valence-corrected chi connectivity index (χ0v) is 3.72. The van der Waals surface area contributed by atoms with Crippen LogP contribution in [0.3, 0.4) is 0 Å². The van der Waals surface area contributed by atoms with Gasteiger partial charge in [-0.2, -0.15) is 0 Å². The molecule has 1 unspecified atom stereocenters. The quantitative estimate of drug-likeness (QED) is 0.376. The van der Waals surface area contributed by atoms with Crippen molar-refractivity contribution in [3.63, 3.8) is 0 Å². The molecule has 1 aliphatic rings. The van der Waals surface area contributed by atoms with Gasteiger partial charge in [0.25, 0.3) is 0 Å². The average molecular weight is 74.1 g/mol. The van der Waals surface area contributed by atoms with Gasteiger partial charge in [0.15, 0.2) is 0 Å². The Labute approximate surface area is 28.8 Å². The molecule has 1 atom stereocenters. The Hall–Kier alpha value is 0.430. The zero-order valence-electron chi connectivity index (χ0n) is 2.57. The molecule has 1 heteroatoms. The first-order chi connectivity index (χ1) is 1.89. The summed E-state index contributed by atoms with van der Waals surface area (Å²) < 4.78 is 0. The van der Waals surface area contributed by atoms with Crippen LogP contribution in [0, 0.1) is 0 Å². The van der Waals surface area contributed by atoms with E-state index in [9.17, 15) is 0 Å². The summed E-state index contributed by atoms with van der Waals surface area (Å²) in [7, 11) is 2.77. The summed E-state index contributed by atoms with van der Waals surface area (Å²) in [6, 6.07) is 0. The highest BCUT2D eigenvalue weighted by molar-refractivity contribution is 7.18. The molecule has 0 spiro atoms. The minimum atomic E-state index is 1.00. The Morgan fingerprint density at radius 3 is 1.75 bits per heavy atom. The Kier molecular flexibility index (Phi) is 0.456. The number of hydrogen-bond donors (Lipinski definition) is 0. The van der Waals surface area contributed by atoms with Gasteiger partial charge in [-0.25, -0.2) is 0 Å². The highest BCUT2D eigenvalue weighted by Crippen LogP contribution is 2.27. The van der Waals surface area contributed by atoms with E-state index >= 15 is 0 Å². The lowest BCUT2D eigenvalue weighted by Crippen LogP contribution is -1.42. The topological polar surface area (TPSA) is 0 Å². The maximum Gasteiger partial charge on any atom is -0.0264 e. The molecule has 0 aromatic carbocycles. The largest absolute Gasteiger partial charge is 0.134 e. The van der Waals surface area contributed by atoms with E-state index in [4.69, 9.17) is 0 Å². The molecule has 1 fully saturated rings. The van der Waals surface area contributed by atoms with E-state index in [1.54, 1.807) is 0 Å². The fourth-order valence-corrected chi connectivity index (χ4v) is 0.289. The molecule has 0 aliphatic heterocycles. The van der Waals surface area contributed by atoms with Crippen LogP contribution in [-0.4, -0.2) is 5.66 Å². The van der Waals surface area contributed by atoms with Crippen LogP contribution in [0.4, 0.5) is 0 Å². The highest BCUT2D eigenvalue weighted by atomic mass is 31.0. The van der Waals surface area contributed by atoms with Gasteiger partial charge >= 0.3 is 0 Å². The van der Waals surface area contributed by atoms with Crippen molar-refractivity contribution in [3.05, 3.63) is 0 Å². The van der Waals surface area contributed by atoms with Gasteiger partial charge in [-0.3, -0.25) is 0 Å². The van der Waals surface area contributed by atoms with E-state index in [0.717, 1.165) is 5.66 Å². The fourth-order valence-electron chi connectivity index (χ4n) is 0.0962. The van der Waals surface area contributed by atoms with Gasteiger partial charge in [-0.1, -0.05) is 0 Å². The van der Waals surface area contributed by atoms with E-state index in [-0.39, 0.29) is 0 Å². The molecule has 0 bridgehead atoms. The predicted molar refractivity (Wildman–Crippen MR) is 22.7 cm³/mol. The molecule has 0 radical (unpaired) electrons. The van der Waals surface area contributed by atoms with Crippen LogP contribution < -0.4 is 0 Å². The molecule has 1 aliphatic carbocycles. The smallest absolute Gasteiger partial charge is 0.0264 e. The third-order valence-electron chi connectivity index (χ3n) is 0.622. The molecular weight excluding hydrogens is 67.0 g/mol. The molecule has 4 heavy (non-hydrogen) atoms. The Morgan fingerprint density at radius 2 is 1.75 bits per heavy atom. The van der Waals surface area contributed by atoms with Crippen molar-refractivity contribution >= 4 is 9.24 Å². The van der Waals surface area contributed by atoms with E-state index < -0.39 is 0 Å². The standard InChI is InChI=1S/C3H7P/c4-3-1-2-3/h3H,1-2,4H2. The van der Waals surface area contributed by atoms with Gasteiger partial charge in [0.05, 0.1) is 0 Å². The van der Waals surface area contributed by atoms with E-state index in [1.165, 1.54) is 12.8 Å². The summed E-state index contributed by atoms with van der Waals surface area (Å²) in [4.78, 5) is 0. The van der Waals surface area contributed by atoms with Crippen molar-refractivity contribution in [2.45, 2.75) is 18.5 Å². The lowest BCUT2D eigenvalue weighted by Gasteiger charge is -1.54. The minimum Gasteiger partial charge on any atom is -0.134 e. The Bertz CT molecular complexity index is 22.5. The van der Waals surface area contributed by atoms with Crippen molar-refractivity contribution in [1.29, 1.82) is 0 Å². The van der Waals surface area contributed by atoms with Gasteiger partial charge in [0.2, 0.25) is 0 Å². The highest BCUT2D eigenvalue weighted by Gasteiger charge is 2.13. The van der Waals surface area contributed by atoms with Crippen LogP contribution in [0.25, 0.3) is 0 Å². The Morgan fingerprint density at radius 1 is 1.50 bits per heavy atom. The van der Waals surface area contributed by atoms with Crippen molar-refractivity contribution in [1.82, 2.24) is 0 Å².